The van der Waals surface area contributed by atoms with Crippen molar-refractivity contribution in [2.75, 3.05) is 0 Å². The topological polar surface area (TPSA) is 188 Å². The second kappa shape index (κ2) is 18.2. The fourth-order valence-electron chi connectivity index (χ4n) is 0.116. The molecule has 0 aromatic carbocycles. The van der Waals surface area contributed by atoms with Crippen molar-refractivity contribution in [3.8, 4) is 0 Å². The van der Waals surface area contributed by atoms with Crippen LogP contribution < -0.4 is 0 Å². The summed E-state index contributed by atoms with van der Waals surface area (Å²) in [6.45, 7) is 0. The average molecular weight is 262 g/mol. The van der Waals surface area contributed by atoms with Gasteiger partial charge in [0.15, 0.2) is 0 Å². The molecule has 8 N–H and O–H groups in total. The summed E-state index contributed by atoms with van der Waals surface area (Å²) in [7, 11) is -5.27. The minimum atomic E-state index is -2.63. The van der Waals surface area contributed by atoms with E-state index in [2.05, 4.69) is 11.1 Å². The number of hydrogen-bond acceptors (Lipinski definition) is 5. The smallest absolute Gasteiger partial charge is 0.664 e. The first kappa shape index (κ1) is 29.2. The lowest BCUT2D eigenvalue weighted by Gasteiger charge is -1.99. The Hall–Kier alpha value is 0.339. The molecule has 76 valence electrons. The zero-order chi connectivity index (χ0) is 7.28. The molecule has 0 fully saturated rings. The number of rotatable bonds is 4. The van der Waals surface area contributed by atoms with E-state index < -0.39 is 18.3 Å². The van der Waals surface area contributed by atoms with E-state index in [1.807, 2.05) is 0 Å². The molecule has 0 bridgehead atoms. The van der Waals surface area contributed by atoms with Crippen molar-refractivity contribution in [2.45, 2.75) is 0 Å². The molecule has 0 unspecified atom stereocenters. The Balaban J connectivity index is -0.0000000533. The van der Waals surface area contributed by atoms with Crippen molar-refractivity contribution in [3.63, 3.8) is 0 Å². The average Bonchev–Trinajstić information content (AvgIpc) is 1.87. The van der Waals surface area contributed by atoms with Crippen LogP contribution in [0.2, 0.25) is 0 Å². The standard InChI is InChI=1S/2Al.O5Si2.4H2O/c;;1-6(2)5-7(3)4;;;;/h;;;4*1H2/q2*+1;-2;;;;. The van der Waals surface area contributed by atoms with Crippen molar-refractivity contribution >= 4 is 51.6 Å². The van der Waals surface area contributed by atoms with Gasteiger partial charge in [-0.15, -0.1) is 0 Å². The normalized spacial score (nSPS) is 5.23. The molecule has 0 heterocycles. The number of hydrogen-bond donors (Lipinski definition) is 0. The molecule has 0 aromatic heterocycles. The van der Waals surface area contributed by atoms with Crippen LogP contribution in [-0.2, 0) is 20.0 Å². The third-order valence-electron chi connectivity index (χ3n) is 0.359. The molecule has 13 heavy (non-hydrogen) atoms. The molecule has 13 heteroatoms. The molecule has 0 amide bonds. The molecular formula is H8Al2O9Si2. The second-order valence-corrected chi connectivity index (χ2v) is 4.54. The first-order valence-electron chi connectivity index (χ1n) is 1.70. The summed E-state index contributed by atoms with van der Waals surface area (Å²) in [6.07, 6.45) is 0. The molecule has 0 aliphatic heterocycles. The van der Waals surface area contributed by atoms with Gasteiger partial charge in [0.2, 0.25) is 0 Å². The Morgan fingerprint density at radius 1 is 0.769 bits per heavy atom. The first-order chi connectivity index (χ1) is 4.20. The maximum atomic E-state index is 10.2. The van der Waals surface area contributed by atoms with Gasteiger partial charge in [-0.05, 0) is 0 Å². The summed E-state index contributed by atoms with van der Waals surface area (Å²) < 4.78 is 32.8. The van der Waals surface area contributed by atoms with E-state index in [-0.39, 0.29) is 21.9 Å². The van der Waals surface area contributed by atoms with Crippen LogP contribution in [0.1, 0.15) is 0 Å². The highest BCUT2D eigenvalue weighted by Crippen LogP contribution is 1.75. The Morgan fingerprint density at radius 3 is 1.15 bits per heavy atom. The van der Waals surface area contributed by atoms with Gasteiger partial charge in [-0.1, -0.05) is 0 Å². The Bertz CT molecular complexity index is 111. The Morgan fingerprint density at radius 2 is 1.00 bits per heavy atom. The molecule has 0 rings (SSSR count). The lowest BCUT2D eigenvalue weighted by atomic mass is 15.7. The minimum Gasteiger partial charge on any atom is -0.664 e. The van der Waals surface area contributed by atoms with E-state index in [9.17, 15) is 8.92 Å². The minimum absolute atomic E-state index is 0. The summed E-state index contributed by atoms with van der Waals surface area (Å²) in [5.41, 5.74) is 0. The van der Waals surface area contributed by atoms with Gasteiger partial charge >= 0.3 is 51.6 Å². The van der Waals surface area contributed by atoms with Gasteiger partial charge in [0.1, 0.15) is 0 Å². The molecule has 0 saturated carbocycles. The fraction of sp³-hybridized carbons (Fsp3) is 0. The van der Waals surface area contributed by atoms with Crippen molar-refractivity contribution in [1.82, 2.24) is 0 Å². The third kappa shape index (κ3) is 19.0. The van der Waals surface area contributed by atoms with Crippen LogP contribution in [0.25, 0.3) is 0 Å². The van der Waals surface area contributed by atoms with E-state index in [0.717, 1.165) is 0 Å². The van der Waals surface area contributed by atoms with Crippen LogP contribution in [0.3, 0.4) is 0 Å². The molecule has 9 nitrogen and oxygen atoms in total. The zero-order valence-electron chi connectivity index (χ0n) is 6.20. The van der Waals surface area contributed by atoms with E-state index in [0.29, 0.717) is 0 Å². The maximum absolute atomic E-state index is 10.2. The Labute approximate surface area is 93.5 Å². The van der Waals surface area contributed by atoms with Crippen molar-refractivity contribution in [3.05, 3.63) is 0 Å². The zero-order valence-corrected chi connectivity index (χ0v) is 10.5. The first-order valence-corrected chi connectivity index (χ1v) is 5.09. The molecule has 0 saturated heterocycles. The van der Waals surface area contributed by atoms with E-state index in [1.165, 1.54) is 0 Å². The van der Waals surface area contributed by atoms with Crippen LogP contribution in [0.5, 0.6) is 0 Å². The van der Waals surface area contributed by atoms with Gasteiger partial charge in [-0.2, -0.15) is 0 Å². The highest BCUT2D eigenvalue weighted by Gasteiger charge is 2.15. The molecule has 0 spiro atoms. The summed E-state index contributed by atoms with van der Waals surface area (Å²) >= 11 is 3.46. The van der Waals surface area contributed by atoms with Gasteiger partial charge in [0.05, 0.1) is 0 Å². The summed E-state index contributed by atoms with van der Waals surface area (Å²) in [5.74, 6) is 0. The van der Waals surface area contributed by atoms with E-state index in [1.54, 1.807) is 33.2 Å². The highest BCUT2D eigenvalue weighted by molar-refractivity contribution is 6.47. The molecule has 0 atom stereocenters. The maximum Gasteiger partial charge on any atom is 0.720 e. The van der Waals surface area contributed by atoms with Crippen molar-refractivity contribution in [2.24, 2.45) is 0 Å². The predicted molar refractivity (Wildman–Crippen MR) is 42.1 cm³/mol. The van der Waals surface area contributed by atoms with Crippen molar-refractivity contribution < 1.29 is 41.9 Å². The van der Waals surface area contributed by atoms with Gasteiger partial charge in [-0.3, -0.25) is 8.92 Å². The third-order valence-corrected chi connectivity index (χ3v) is 3.23. The molecular weight excluding hydrogens is 254 g/mol. The van der Waals surface area contributed by atoms with Crippen LogP contribution >= 0.6 is 0 Å². The highest BCUT2D eigenvalue weighted by atomic mass is 28.4. The lowest BCUT2D eigenvalue weighted by molar-refractivity contribution is 0.298. The molecule has 0 aliphatic rings. The van der Waals surface area contributed by atoms with Crippen LogP contribution in [0.15, 0.2) is 0 Å². The monoisotopic (exact) mass is 262 g/mol. The molecule has 0 aliphatic carbocycles. The van der Waals surface area contributed by atoms with Crippen LogP contribution in [-0.4, -0.2) is 73.5 Å². The van der Waals surface area contributed by atoms with Gasteiger partial charge in [0, 0.05) is 0 Å². The SMILES string of the molecule is O.O.O.O.O=[Si]([O][Al])O[Si](=O)[O][Al]. The lowest BCUT2D eigenvalue weighted by Crippen LogP contribution is -2.19. The van der Waals surface area contributed by atoms with E-state index in [4.69, 9.17) is 0 Å². The van der Waals surface area contributed by atoms with Gasteiger partial charge in [-0.25, -0.2) is 0 Å². The largest absolute Gasteiger partial charge is 0.720 e. The Kier molecular flexibility index (Phi) is 40.9. The summed E-state index contributed by atoms with van der Waals surface area (Å²) in [4.78, 5) is 0. The van der Waals surface area contributed by atoms with Crippen LogP contribution in [0, 0.1) is 0 Å². The predicted octanol–water partition coefficient (Wildman–Crippen LogP) is -5.26. The van der Waals surface area contributed by atoms with E-state index >= 15 is 0 Å². The van der Waals surface area contributed by atoms with Gasteiger partial charge < -0.3 is 33.0 Å². The molecule has 4 radical (unpaired) electrons. The summed E-state index contributed by atoms with van der Waals surface area (Å²) in [5, 5.41) is 0. The van der Waals surface area contributed by atoms with Crippen molar-refractivity contribution in [1.29, 1.82) is 0 Å². The molecule has 0 aromatic rings. The summed E-state index contributed by atoms with van der Waals surface area (Å²) in [6, 6.07) is 0. The van der Waals surface area contributed by atoms with Gasteiger partial charge in [0.25, 0.3) is 0 Å². The van der Waals surface area contributed by atoms with Crippen LogP contribution in [0.4, 0.5) is 0 Å². The quantitative estimate of drug-likeness (QED) is 0.456. The second-order valence-electron chi connectivity index (χ2n) is 0.838. The fourth-order valence-corrected chi connectivity index (χ4v) is 1.91.